The van der Waals surface area contributed by atoms with Crippen molar-refractivity contribution in [1.29, 1.82) is 0 Å². The van der Waals surface area contributed by atoms with Crippen molar-refractivity contribution in [3.63, 3.8) is 0 Å². The van der Waals surface area contributed by atoms with E-state index in [1.54, 1.807) is 6.92 Å². The van der Waals surface area contributed by atoms with Crippen LogP contribution in [0.3, 0.4) is 0 Å². The summed E-state index contributed by atoms with van der Waals surface area (Å²) in [5, 5.41) is 4.17. The topological polar surface area (TPSA) is 61.8 Å². The highest BCUT2D eigenvalue weighted by Gasteiger charge is 2.31. The second kappa shape index (κ2) is 11.1. The van der Waals surface area contributed by atoms with Gasteiger partial charge in [0.25, 0.3) is 11.3 Å². The van der Waals surface area contributed by atoms with Crippen LogP contribution in [0, 0.1) is 6.92 Å². The summed E-state index contributed by atoms with van der Waals surface area (Å²) in [5.74, 6) is -0.429. The van der Waals surface area contributed by atoms with Crippen LogP contribution in [-0.4, -0.2) is 40.4 Å². The number of anilines is 1. The first kappa shape index (κ1) is 27.2. The van der Waals surface area contributed by atoms with Gasteiger partial charge in [-0.05, 0) is 48.1 Å². The van der Waals surface area contributed by atoms with Crippen molar-refractivity contribution in [2.45, 2.75) is 38.3 Å². The molecule has 3 rings (SSSR count). The third kappa shape index (κ3) is 8.09. The smallest absolute Gasteiger partial charge is 0.406 e. The average molecular weight is 541 g/mol. The fourth-order valence-corrected chi connectivity index (χ4v) is 5.56. The van der Waals surface area contributed by atoms with Crippen LogP contribution >= 0.6 is 11.3 Å². The summed E-state index contributed by atoms with van der Waals surface area (Å²) in [7, 11) is 0. The SMILES string of the molecule is Cc1c(N(CC(Cc2ccc(OC(F)(F)F)cc2)NCCC(F)(F)F)S(=O)O)sc2ccccc12. The van der Waals surface area contributed by atoms with Crippen LogP contribution in [0.4, 0.5) is 31.3 Å². The predicted molar refractivity (Wildman–Crippen MR) is 124 cm³/mol. The summed E-state index contributed by atoms with van der Waals surface area (Å²) in [4.78, 5) is 0. The van der Waals surface area contributed by atoms with E-state index in [1.807, 2.05) is 24.3 Å². The molecule has 0 aliphatic rings. The molecular formula is C22H22F6N2O3S2. The molecule has 2 aromatic carbocycles. The van der Waals surface area contributed by atoms with Gasteiger partial charge in [0.15, 0.2) is 0 Å². The van der Waals surface area contributed by atoms with Crippen LogP contribution in [-0.2, 0) is 17.7 Å². The molecule has 2 atom stereocenters. The Labute approximate surface area is 204 Å². The molecule has 0 spiro atoms. The summed E-state index contributed by atoms with van der Waals surface area (Å²) in [6.45, 7) is 1.25. The lowest BCUT2D eigenvalue weighted by Crippen LogP contribution is -2.44. The van der Waals surface area contributed by atoms with Gasteiger partial charge in [-0.1, -0.05) is 30.3 Å². The highest BCUT2D eigenvalue weighted by Crippen LogP contribution is 2.38. The van der Waals surface area contributed by atoms with Gasteiger partial charge < -0.3 is 10.1 Å². The quantitative estimate of drug-likeness (QED) is 0.237. The monoisotopic (exact) mass is 540 g/mol. The zero-order valence-corrected chi connectivity index (χ0v) is 20.0. The highest BCUT2D eigenvalue weighted by atomic mass is 32.2. The predicted octanol–water partition coefficient (Wildman–Crippen LogP) is 6.20. The number of halogens is 6. The largest absolute Gasteiger partial charge is 0.573 e. The van der Waals surface area contributed by atoms with Gasteiger partial charge in [-0.3, -0.25) is 8.86 Å². The van der Waals surface area contributed by atoms with Gasteiger partial charge in [-0.25, -0.2) is 4.21 Å². The maximum absolute atomic E-state index is 12.7. The maximum atomic E-state index is 12.7. The number of nitrogens with zero attached hydrogens (tertiary/aromatic N) is 1. The van der Waals surface area contributed by atoms with E-state index in [0.29, 0.717) is 10.6 Å². The van der Waals surface area contributed by atoms with Crippen LogP contribution < -0.4 is 14.4 Å². The Morgan fingerprint density at radius 2 is 1.74 bits per heavy atom. The lowest BCUT2D eigenvalue weighted by Gasteiger charge is -2.27. The normalized spacial score (nSPS) is 14.2. The minimum absolute atomic E-state index is 0.0990. The summed E-state index contributed by atoms with van der Waals surface area (Å²) in [6, 6.07) is 11.6. The Kier molecular flexibility index (Phi) is 8.67. The molecule has 0 radical (unpaired) electrons. The van der Waals surface area contributed by atoms with Crippen molar-refractivity contribution in [3.8, 4) is 5.75 Å². The van der Waals surface area contributed by atoms with Crippen LogP contribution in [0.1, 0.15) is 17.5 Å². The zero-order chi connectivity index (χ0) is 25.8. The molecule has 0 fully saturated rings. The van der Waals surface area contributed by atoms with Gasteiger partial charge in [-0.15, -0.1) is 24.5 Å². The molecule has 35 heavy (non-hydrogen) atoms. The van der Waals surface area contributed by atoms with E-state index in [4.69, 9.17) is 0 Å². The third-order valence-electron chi connectivity index (χ3n) is 5.10. The van der Waals surface area contributed by atoms with Crippen LogP contribution in [0.5, 0.6) is 5.75 Å². The molecule has 192 valence electrons. The average Bonchev–Trinajstić information content (AvgIpc) is 3.07. The van der Waals surface area contributed by atoms with E-state index in [2.05, 4.69) is 10.1 Å². The zero-order valence-electron chi connectivity index (χ0n) is 18.3. The standard InChI is InChI=1S/C22H22F6N2O3S2/c1-14-18-4-2-3-5-19(18)34-20(14)30(35(31)32)13-16(29-11-10-21(23,24)25)12-15-6-8-17(9-7-15)33-22(26,27)28/h2-9,16,29H,10-13H2,1H3,(H,31,32). The molecule has 1 heterocycles. The van der Waals surface area contributed by atoms with Crippen molar-refractivity contribution in [3.05, 3.63) is 59.7 Å². The molecule has 2 unspecified atom stereocenters. The Morgan fingerprint density at radius 1 is 1.09 bits per heavy atom. The number of hydrogen-bond acceptors (Lipinski definition) is 4. The molecule has 0 saturated carbocycles. The van der Waals surface area contributed by atoms with Gasteiger partial charge in [0.05, 0.1) is 13.0 Å². The number of benzene rings is 2. The Hall–Kier alpha value is -2.35. The molecule has 1 aromatic heterocycles. The summed E-state index contributed by atoms with van der Waals surface area (Å²) >= 11 is -1.19. The minimum Gasteiger partial charge on any atom is -0.406 e. The highest BCUT2D eigenvalue weighted by molar-refractivity contribution is 7.81. The number of hydrogen-bond donors (Lipinski definition) is 2. The van der Waals surface area contributed by atoms with Crippen molar-refractivity contribution < 1.29 is 39.8 Å². The van der Waals surface area contributed by atoms with Crippen molar-refractivity contribution in [1.82, 2.24) is 5.32 Å². The molecule has 3 aromatic rings. The van der Waals surface area contributed by atoms with Crippen molar-refractivity contribution >= 4 is 37.7 Å². The summed E-state index contributed by atoms with van der Waals surface area (Å²) in [5.41, 5.74) is 1.27. The Bertz CT molecular complexity index is 1150. The van der Waals surface area contributed by atoms with E-state index in [0.717, 1.165) is 27.8 Å². The first-order valence-corrected chi connectivity index (χ1v) is 12.2. The van der Waals surface area contributed by atoms with Gasteiger partial charge in [0.2, 0.25) is 0 Å². The first-order valence-electron chi connectivity index (χ1n) is 10.3. The van der Waals surface area contributed by atoms with E-state index < -0.39 is 48.6 Å². The molecule has 13 heteroatoms. The molecule has 0 aliphatic carbocycles. The Balaban J connectivity index is 1.83. The number of nitrogens with one attached hydrogen (secondary N) is 1. The number of rotatable bonds is 10. The molecule has 0 amide bonds. The van der Waals surface area contributed by atoms with E-state index in [-0.39, 0.29) is 13.0 Å². The van der Waals surface area contributed by atoms with Gasteiger partial charge in [0, 0.05) is 17.3 Å². The number of ether oxygens (including phenoxy) is 1. The van der Waals surface area contributed by atoms with E-state index in [1.165, 1.54) is 27.8 Å². The minimum atomic E-state index is -4.85. The van der Waals surface area contributed by atoms with Crippen LogP contribution in [0.2, 0.25) is 0 Å². The summed E-state index contributed by atoms with van der Waals surface area (Å²) in [6.07, 6.45) is -10.2. The molecule has 0 bridgehead atoms. The second-order valence-electron chi connectivity index (χ2n) is 7.73. The number of thiophene rings is 1. The van der Waals surface area contributed by atoms with Crippen LogP contribution in [0.25, 0.3) is 10.1 Å². The van der Waals surface area contributed by atoms with Crippen LogP contribution in [0.15, 0.2) is 48.5 Å². The molecular weight excluding hydrogens is 518 g/mol. The van der Waals surface area contributed by atoms with Gasteiger partial charge in [-0.2, -0.15) is 13.2 Å². The fourth-order valence-electron chi connectivity index (χ4n) is 3.55. The molecule has 0 aliphatic heterocycles. The van der Waals surface area contributed by atoms with Crippen molar-refractivity contribution in [2.24, 2.45) is 0 Å². The summed E-state index contributed by atoms with van der Waals surface area (Å²) < 4.78 is 103. The van der Waals surface area contributed by atoms with Gasteiger partial charge in [0.1, 0.15) is 10.8 Å². The first-order chi connectivity index (χ1) is 16.3. The lowest BCUT2D eigenvalue weighted by atomic mass is 10.1. The van der Waals surface area contributed by atoms with Crippen molar-refractivity contribution in [2.75, 3.05) is 17.4 Å². The van der Waals surface area contributed by atoms with E-state index in [9.17, 15) is 35.1 Å². The molecule has 5 nitrogen and oxygen atoms in total. The maximum Gasteiger partial charge on any atom is 0.573 e. The molecule has 0 saturated heterocycles. The lowest BCUT2D eigenvalue weighted by molar-refractivity contribution is -0.274. The number of fused-ring (bicyclic) bond motifs is 1. The number of aryl methyl sites for hydroxylation is 1. The van der Waals surface area contributed by atoms with E-state index >= 15 is 0 Å². The number of alkyl halides is 6. The van der Waals surface area contributed by atoms with Gasteiger partial charge >= 0.3 is 12.5 Å². The molecule has 2 N–H and O–H groups in total. The third-order valence-corrected chi connectivity index (χ3v) is 7.22. The Morgan fingerprint density at radius 3 is 2.31 bits per heavy atom. The fraction of sp³-hybridized carbons (Fsp3) is 0.364. The second-order valence-corrected chi connectivity index (χ2v) is 9.67.